The summed E-state index contributed by atoms with van der Waals surface area (Å²) in [5.41, 5.74) is 11.0. The lowest BCUT2D eigenvalue weighted by Gasteiger charge is -2.24. The summed E-state index contributed by atoms with van der Waals surface area (Å²) >= 11 is 12.1. The maximum Gasteiger partial charge on any atom is 0.341 e. The first kappa shape index (κ1) is 54.7. The largest absolute Gasteiger partial charge is 0.465 e. The number of nitrogens with one attached hydrogen (secondary N) is 3. The van der Waals surface area contributed by atoms with Crippen molar-refractivity contribution in [2.75, 3.05) is 31.0 Å². The number of carbonyl (C=O) groups excluding carboxylic acids is 2. The van der Waals surface area contributed by atoms with E-state index in [9.17, 15) is 23.5 Å². The highest BCUT2D eigenvalue weighted by atomic mass is 35.5. The minimum absolute atomic E-state index is 0. The number of esters is 1. The number of hydrogen-bond donors (Lipinski definition) is 6. The molecule has 7 N–H and O–H groups in total. The predicted molar refractivity (Wildman–Crippen MR) is 266 cm³/mol. The molecule has 6 rings (SSSR count). The van der Waals surface area contributed by atoms with Crippen molar-refractivity contribution in [3.63, 3.8) is 0 Å². The summed E-state index contributed by atoms with van der Waals surface area (Å²) in [6, 6.07) is 15.2. The Labute approximate surface area is 400 Å². The lowest BCUT2D eigenvalue weighted by molar-refractivity contribution is 0.0601. The van der Waals surface area contributed by atoms with Crippen LogP contribution in [0.3, 0.4) is 0 Å². The van der Waals surface area contributed by atoms with E-state index in [2.05, 4.69) is 49.0 Å². The van der Waals surface area contributed by atoms with E-state index >= 15 is 0 Å². The Hall–Kier alpha value is -6.62. The fourth-order valence-electron chi connectivity index (χ4n) is 5.64. The van der Waals surface area contributed by atoms with E-state index in [4.69, 9.17) is 38.8 Å². The number of allylic oxidation sites excluding steroid dienone is 2. The Balaban J connectivity index is 0.000000314. The quantitative estimate of drug-likeness (QED) is 0.0600. The number of benzene rings is 2. The predicted octanol–water partition coefficient (Wildman–Crippen LogP) is 11.1. The van der Waals surface area contributed by atoms with Crippen LogP contribution in [0.5, 0.6) is 0 Å². The highest BCUT2D eigenvalue weighted by Crippen LogP contribution is 2.34. The van der Waals surface area contributed by atoms with Gasteiger partial charge in [-0.3, -0.25) is 24.7 Å². The zero-order valence-corrected chi connectivity index (χ0v) is 39.1. The molecule has 0 aliphatic heterocycles. The van der Waals surface area contributed by atoms with Crippen molar-refractivity contribution in [2.24, 2.45) is 5.73 Å². The average molecular weight is 958 g/mol. The van der Waals surface area contributed by atoms with Gasteiger partial charge in [0.1, 0.15) is 17.2 Å². The van der Waals surface area contributed by atoms with E-state index in [0.29, 0.717) is 49.7 Å². The van der Waals surface area contributed by atoms with Crippen LogP contribution in [0.25, 0.3) is 33.7 Å². The summed E-state index contributed by atoms with van der Waals surface area (Å²) in [5.74, 6) is -1.81. The summed E-state index contributed by atoms with van der Waals surface area (Å²) in [5, 5.41) is 27.7. The highest BCUT2D eigenvalue weighted by Gasteiger charge is 2.23. The van der Waals surface area contributed by atoms with E-state index < -0.39 is 34.6 Å². The number of pyridine rings is 4. The third-order valence-corrected chi connectivity index (χ3v) is 9.69. The molecule has 0 bridgehead atoms. The van der Waals surface area contributed by atoms with Gasteiger partial charge in [0.15, 0.2) is 0 Å². The number of aliphatic hydroxyl groups excluding tert-OH is 2. The molecule has 0 fully saturated rings. The maximum absolute atomic E-state index is 14.4. The van der Waals surface area contributed by atoms with Gasteiger partial charge in [0.25, 0.3) is 5.91 Å². The number of methoxy groups -OCH3 is 1. The molecule has 6 aromatic rings. The van der Waals surface area contributed by atoms with Crippen LogP contribution in [0.1, 0.15) is 80.8 Å². The summed E-state index contributed by atoms with van der Waals surface area (Å²) in [6.07, 6.45) is 9.14. The van der Waals surface area contributed by atoms with Gasteiger partial charge in [-0.2, -0.15) is 0 Å². The van der Waals surface area contributed by atoms with E-state index in [1.165, 1.54) is 55.9 Å². The topological polar surface area (TPSA) is 198 Å². The van der Waals surface area contributed by atoms with Crippen LogP contribution in [0.15, 0.2) is 111 Å². The molecule has 0 atom stereocenters. The molecular formula is C50H56Cl2F2N8O5. The van der Waals surface area contributed by atoms with Crippen LogP contribution >= 0.6 is 23.2 Å². The highest BCUT2D eigenvalue weighted by molar-refractivity contribution is 6.31. The molecule has 0 saturated heterocycles. The summed E-state index contributed by atoms with van der Waals surface area (Å²) in [7, 11) is 1.30. The standard InChI is InChI=1S/C24H24ClFN4O2.C21H17ClFN3O2.C4H11NO.CH4/c1-14(2)17-12-28-21(16-9-15(25)5-6-19(16)26)10-22(17)29-20-7-8-27-11-18(20)23(32)30-24(3,4)13-31;1-12(2)15-11-25-19(14-8-13(22)4-5-17(14)23)9-20(15)26-18-6-7-24-10-16(18)21(27)28-3;1-4(2,5)3-6;/h5-12,31H,1,13H2,2-4H3,(H,30,32)(H,27,28,29);4-11H,1H2,2-3H3,(H,24,25,26);6H,3,5H2,1-2H3;1H4. The van der Waals surface area contributed by atoms with Crippen LogP contribution in [0.2, 0.25) is 10.0 Å². The lowest BCUT2D eigenvalue weighted by atomic mass is 10.0. The Morgan fingerprint density at radius 1 is 0.687 bits per heavy atom. The average Bonchev–Trinajstić information content (AvgIpc) is 3.28. The smallest absolute Gasteiger partial charge is 0.341 e. The molecule has 4 heterocycles. The number of aromatic nitrogens is 4. The van der Waals surface area contributed by atoms with Crippen LogP contribution in [0.4, 0.5) is 31.5 Å². The van der Waals surface area contributed by atoms with Crippen molar-refractivity contribution in [2.45, 2.75) is 60.0 Å². The Kier molecular flexibility index (Phi) is 19.8. The molecule has 4 aromatic heterocycles. The van der Waals surface area contributed by atoms with Gasteiger partial charge in [0.05, 0.1) is 54.2 Å². The van der Waals surface area contributed by atoms with Gasteiger partial charge < -0.3 is 36.6 Å². The third-order valence-electron chi connectivity index (χ3n) is 9.22. The number of ether oxygens (including phenoxy) is 1. The fraction of sp³-hybridized carbons (Fsp3) is 0.240. The number of aliphatic hydroxyl groups is 2. The number of halogens is 4. The van der Waals surface area contributed by atoms with Crippen LogP contribution in [0, 0.1) is 11.6 Å². The molecule has 13 nitrogen and oxygen atoms in total. The van der Waals surface area contributed by atoms with Gasteiger partial charge in [0, 0.05) is 86.4 Å². The molecule has 2 aromatic carbocycles. The molecule has 0 spiro atoms. The first-order valence-corrected chi connectivity index (χ1v) is 20.9. The zero-order valence-electron chi connectivity index (χ0n) is 37.6. The molecule has 354 valence electrons. The molecule has 1 amide bonds. The van der Waals surface area contributed by atoms with Crippen molar-refractivity contribution >= 4 is 69.0 Å². The number of amides is 1. The van der Waals surface area contributed by atoms with Crippen molar-refractivity contribution in [3.8, 4) is 22.5 Å². The van der Waals surface area contributed by atoms with Gasteiger partial charge >= 0.3 is 5.97 Å². The number of carbonyl (C=O) groups is 2. The van der Waals surface area contributed by atoms with Crippen molar-refractivity contribution < 1.29 is 33.3 Å². The van der Waals surface area contributed by atoms with Crippen LogP contribution in [-0.2, 0) is 4.74 Å². The van der Waals surface area contributed by atoms with Crippen molar-refractivity contribution in [3.05, 3.63) is 155 Å². The van der Waals surface area contributed by atoms with Crippen molar-refractivity contribution in [1.82, 2.24) is 25.3 Å². The third kappa shape index (κ3) is 15.5. The minimum Gasteiger partial charge on any atom is -0.465 e. The Bertz CT molecular complexity index is 2730. The summed E-state index contributed by atoms with van der Waals surface area (Å²) in [6.45, 7) is 18.4. The molecule has 17 heteroatoms. The second-order valence-electron chi connectivity index (χ2n) is 16.3. The number of rotatable bonds is 13. The summed E-state index contributed by atoms with van der Waals surface area (Å²) < 4.78 is 33.5. The van der Waals surface area contributed by atoms with Gasteiger partial charge in [0.2, 0.25) is 0 Å². The molecule has 0 unspecified atom stereocenters. The van der Waals surface area contributed by atoms with Gasteiger partial charge in [-0.1, -0.05) is 43.8 Å². The number of anilines is 4. The number of nitrogens with two attached hydrogens (primary N) is 1. The Morgan fingerprint density at radius 2 is 1.10 bits per heavy atom. The molecule has 0 aliphatic rings. The lowest BCUT2D eigenvalue weighted by Crippen LogP contribution is -2.46. The summed E-state index contributed by atoms with van der Waals surface area (Å²) in [4.78, 5) is 41.6. The van der Waals surface area contributed by atoms with E-state index in [-0.39, 0.29) is 42.9 Å². The normalized spacial score (nSPS) is 10.8. The zero-order chi connectivity index (χ0) is 48.9. The van der Waals surface area contributed by atoms with Gasteiger partial charge in [-0.05, 0) is 113 Å². The van der Waals surface area contributed by atoms with Crippen molar-refractivity contribution in [1.29, 1.82) is 0 Å². The second kappa shape index (κ2) is 24.2. The van der Waals surface area contributed by atoms with Crippen LogP contribution in [-0.4, -0.2) is 73.4 Å². The molecule has 0 aliphatic carbocycles. The molecule has 0 radical (unpaired) electrons. The number of hydrogen-bond acceptors (Lipinski definition) is 12. The van der Waals surface area contributed by atoms with E-state index in [1.807, 2.05) is 13.8 Å². The molecule has 0 saturated carbocycles. The maximum atomic E-state index is 14.4. The minimum atomic E-state index is -0.805. The van der Waals surface area contributed by atoms with Gasteiger partial charge in [-0.25, -0.2) is 13.6 Å². The monoisotopic (exact) mass is 956 g/mol. The van der Waals surface area contributed by atoms with Gasteiger partial charge in [-0.15, -0.1) is 0 Å². The fourth-order valence-corrected chi connectivity index (χ4v) is 5.99. The first-order valence-electron chi connectivity index (χ1n) is 20.1. The number of nitrogens with zero attached hydrogens (tertiary/aromatic N) is 4. The van der Waals surface area contributed by atoms with E-state index in [1.54, 1.807) is 76.7 Å². The molecule has 67 heavy (non-hydrogen) atoms. The van der Waals surface area contributed by atoms with E-state index in [0.717, 1.165) is 16.7 Å². The SMILES string of the molecule is C.C=C(C)c1cnc(-c2cc(Cl)ccc2F)cc1Nc1ccncc1C(=O)NC(C)(C)CO.C=C(C)c1cnc(-c2cc(Cl)ccc2F)cc1Nc1ccncc1C(=O)OC.CC(C)(N)CO. The Morgan fingerprint density at radius 3 is 1.49 bits per heavy atom. The van der Waals surface area contributed by atoms with Crippen LogP contribution < -0.4 is 21.7 Å². The molecular weight excluding hydrogens is 902 g/mol. The first-order chi connectivity index (χ1) is 31.1. The second-order valence-corrected chi connectivity index (χ2v) is 17.1.